The zero-order valence-electron chi connectivity index (χ0n) is 17.7. The lowest BCUT2D eigenvalue weighted by atomic mass is 10.1. The van der Waals surface area contributed by atoms with Crippen LogP contribution in [0, 0.1) is 6.92 Å². The van der Waals surface area contributed by atoms with Crippen LogP contribution < -0.4 is 10.1 Å². The third-order valence-electron chi connectivity index (χ3n) is 5.15. The maximum Gasteiger partial charge on any atom is 0.173 e. The SMILES string of the molecule is COc1ccc(Cl)cc1NC(=S)N(CCCN1CCOCC1)Cc1cccc(C)c1. The zero-order valence-corrected chi connectivity index (χ0v) is 19.3. The fourth-order valence-electron chi connectivity index (χ4n) is 3.57. The Morgan fingerprint density at radius 3 is 2.77 bits per heavy atom. The number of anilines is 1. The Hall–Kier alpha value is -1.86. The Balaban J connectivity index is 1.68. The molecule has 0 spiro atoms. The molecule has 2 aromatic rings. The first-order valence-electron chi connectivity index (χ1n) is 10.3. The first-order valence-corrected chi connectivity index (χ1v) is 11.1. The molecule has 162 valence electrons. The number of hydrogen-bond acceptors (Lipinski definition) is 4. The molecule has 3 rings (SSSR count). The Kier molecular flexibility index (Phi) is 8.75. The van der Waals surface area contributed by atoms with Gasteiger partial charge in [0.2, 0.25) is 0 Å². The molecule has 0 bridgehead atoms. The summed E-state index contributed by atoms with van der Waals surface area (Å²) in [4.78, 5) is 4.66. The van der Waals surface area contributed by atoms with Gasteiger partial charge in [-0.25, -0.2) is 0 Å². The third-order valence-corrected chi connectivity index (χ3v) is 5.75. The highest BCUT2D eigenvalue weighted by molar-refractivity contribution is 7.80. The number of hydrogen-bond donors (Lipinski definition) is 1. The molecule has 1 fully saturated rings. The molecule has 1 aliphatic rings. The van der Waals surface area contributed by atoms with Gasteiger partial charge in [-0.15, -0.1) is 0 Å². The van der Waals surface area contributed by atoms with Crippen molar-refractivity contribution >= 4 is 34.6 Å². The van der Waals surface area contributed by atoms with E-state index in [9.17, 15) is 0 Å². The summed E-state index contributed by atoms with van der Waals surface area (Å²) in [6.07, 6.45) is 1.03. The molecule has 1 N–H and O–H groups in total. The average Bonchev–Trinajstić information content (AvgIpc) is 2.74. The van der Waals surface area contributed by atoms with Crippen LogP contribution in [0.25, 0.3) is 0 Å². The molecule has 7 heteroatoms. The topological polar surface area (TPSA) is 37.0 Å². The largest absolute Gasteiger partial charge is 0.495 e. The number of aryl methyl sites for hydroxylation is 1. The number of ether oxygens (including phenoxy) is 2. The number of rotatable bonds is 8. The van der Waals surface area contributed by atoms with Crippen LogP contribution >= 0.6 is 23.8 Å². The molecule has 1 aliphatic heterocycles. The van der Waals surface area contributed by atoms with E-state index in [1.165, 1.54) is 11.1 Å². The lowest BCUT2D eigenvalue weighted by Crippen LogP contribution is -2.40. The Morgan fingerprint density at radius 1 is 1.23 bits per heavy atom. The molecular weight excluding hydrogens is 418 g/mol. The second kappa shape index (κ2) is 11.5. The molecule has 0 aliphatic carbocycles. The number of morpholine rings is 1. The van der Waals surface area contributed by atoms with Crippen LogP contribution in [0.1, 0.15) is 17.5 Å². The van der Waals surface area contributed by atoms with E-state index in [1.807, 2.05) is 18.2 Å². The zero-order chi connectivity index (χ0) is 21.3. The smallest absolute Gasteiger partial charge is 0.173 e. The molecule has 0 aromatic heterocycles. The van der Waals surface area contributed by atoms with Crippen molar-refractivity contribution in [2.24, 2.45) is 0 Å². The van der Waals surface area contributed by atoms with Crippen LogP contribution in [0.4, 0.5) is 5.69 Å². The number of nitrogens with one attached hydrogen (secondary N) is 1. The van der Waals surface area contributed by atoms with Gasteiger partial charge in [-0.05, 0) is 49.3 Å². The fraction of sp³-hybridized carbons (Fsp3) is 0.435. The monoisotopic (exact) mass is 447 g/mol. The molecule has 5 nitrogen and oxygen atoms in total. The Labute approximate surface area is 189 Å². The minimum absolute atomic E-state index is 0.638. The van der Waals surface area contributed by atoms with Gasteiger partial charge in [0, 0.05) is 37.7 Å². The van der Waals surface area contributed by atoms with E-state index in [0.29, 0.717) is 15.9 Å². The first-order chi connectivity index (χ1) is 14.5. The van der Waals surface area contributed by atoms with Gasteiger partial charge < -0.3 is 19.7 Å². The molecule has 0 radical (unpaired) electrons. The van der Waals surface area contributed by atoms with E-state index in [4.69, 9.17) is 33.3 Å². The third kappa shape index (κ3) is 6.84. The van der Waals surface area contributed by atoms with E-state index in [0.717, 1.165) is 58.0 Å². The van der Waals surface area contributed by atoms with E-state index in [1.54, 1.807) is 7.11 Å². The lowest BCUT2D eigenvalue weighted by molar-refractivity contribution is 0.0368. The number of nitrogens with zero attached hydrogens (tertiary/aromatic N) is 2. The van der Waals surface area contributed by atoms with Crippen LogP contribution in [0.3, 0.4) is 0 Å². The van der Waals surface area contributed by atoms with Crippen molar-refractivity contribution in [1.82, 2.24) is 9.80 Å². The van der Waals surface area contributed by atoms with Gasteiger partial charge >= 0.3 is 0 Å². The summed E-state index contributed by atoms with van der Waals surface area (Å²) in [5.41, 5.74) is 3.26. The summed E-state index contributed by atoms with van der Waals surface area (Å²) in [5, 5.41) is 4.64. The van der Waals surface area contributed by atoms with Crippen molar-refractivity contribution in [3.05, 3.63) is 58.6 Å². The predicted octanol–water partition coefficient (Wildman–Crippen LogP) is 4.58. The first kappa shape index (κ1) is 22.8. The van der Waals surface area contributed by atoms with Crippen molar-refractivity contribution in [3.63, 3.8) is 0 Å². The Morgan fingerprint density at radius 2 is 2.03 bits per heavy atom. The van der Waals surface area contributed by atoms with Gasteiger partial charge in [-0.2, -0.15) is 0 Å². The average molecular weight is 448 g/mol. The van der Waals surface area contributed by atoms with Crippen molar-refractivity contribution in [1.29, 1.82) is 0 Å². The number of benzene rings is 2. The summed E-state index contributed by atoms with van der Waals surface area (Å²) in [7, 11) is 1.64. The van der Waals surface area contributed by atoms with Gasteiger partial charge in [0.25, 0.3) is 0 Å². The van der Waals surface area contributed by atoms with Gasteiger partial charge in [-0.1, -0.05) is 41.4 Å². The quantitative estimate of drug-likeness (QED) is 0.597. The van der Waals surface area contributed by atoms with Gasteiger partial charge in [-0.3, -0.25) is 4.90 Å². The summed E-state index contributed by atoms with van der Waals surface area (Å²) in [5.74, 6) is 0.713. The van der Waals surface area contributed by atoms with Gasteiger partial charge in [0.15, 0.2) is 5.11 Å². The van der Waals surface area contributed by atoms with E-state index >= 15 is 0 Å². The number of thiocarbonyl (C=S) groups is 1. The normalized spacial score (nSPS) is 14.4. The minimum atomic E-state index is 0.638. The Bertz CT molecular complexity index is 843. The van der Waals surface area contributed by atoms with Crippen LogP contribution in [-0.4, -0.2) is 61.4 Å². The molecule has 2 aromatic carbocycles. The highest BCUT2D eigenvalue weighted by Gasteiger charge is 2.15. The molecule has 0 atom stereocenters. The molecule has 30 heavy (non-hydrogen) atoms. The van der Waals surface area contributed by atoms with E-state index < -0.39 is 0 Å². The highest BCUT2D eigenvalue weighted by atomic mass is 35.5. The van der Waals surface area contributed by atoms with Crippen molar-refractivity contribution in [2.45, 2.75) is 19.9 Å². The van der Waals surface area contributed by atoms with Gasteiger partial charge in [0.1, 0.15) is 5.75 Å². The lowest BCUT2D eigenvalue weighted by Gasteiger charge is -2.30. The van der Waals surface area contributed by atoms with Crippen LogP contribution in [0.15, 0.2) is 42.5 Å². The predicted molar refractivity (Wildman–Crippen MR) is 128 cm³/mol. The fourth-order valence-corrected chi connectivity index (χ4v) is 4.00. The van der Waals surface area contributed by atoms with Crippen molar-refractivity contribution in [2.75, 3.05) is 51.8 Å². The summed E-state index contributed by atoms with van der Waals surface area (Å²) in [6, 6.07) is 14.0. The minimum Gasteiger partial charge on any atom is -0.495 e. The van der Waals surface area contributed by atoms with Crippen LogP contribution in [0.5, 0.6) is 5.75 Å². The second-order valence-corrected chi connectivity index (χ2v) is 8.32. The van der Waals surface area contributed by atoms with Crippen LogP contribution in [-0.2, 0) is 11.3 Å². The molecule has 0 unspecified atom stereocenters. The molecule has 1 saturated heterocycles. The highest BCUT2D eigenvalue weighted by Crippen LogP contribution is 2.28. The second-order valence-electron chi connectivity index (χ2n) is 7.49. The van der Waals surface area contributed by atoms with Crippen LogP contribution in [0.2, 0.25) is 5.02 Å². The molecule has 0 saturated carbocycles. The number of halogens is 1. The van der Waals surface area contributed by atoms with Gasteiger partial charge in [0.05, 0.1) is 26.0 Å². The summed E-state index contributed by atoms with van der Waals surface area (Å²) in [6.45, 7) is 8.40. The maximum atomic E-state index is 6.19. The van der Waals surface area contributed by atoms with E-state index in [2.05, 4.69) is 46.3 Å². The summed E-state index contributed by atoms with van der Waals surface area (Å²) < 4.78 is 10.9. The standard InChI is InChI=1S/C23H30ClN3O2S/c1-18-5-3-6-19(15-18)17-27(10-4-9-26-11-13-29-14-12-26)23(30)25-21-16-20(24)7-8-22(21)28-2/h3,5-8,15-16H,4,9-14,17H2,1-2H3,(H,25,30). The molecular formula is C23H30ClN3O2S. The molecule has 1 heterocycles. The maximum absolute atomic E-state index is 6.19. The van der Waals surface area contributed by atoms with Crippen molar-refractivity contribution in [3.8, 4) is 5.75 Å². The summed E-state index contributed by atoms with van der Waals surface area (Å²) >= 11 is 12.0. The number of methoxy groups -OCH3 is 1. The van der Waals surface area contributed by atoms with Crippen molar-refractivity contribution < 1.29 is 9.47 Å². The molecule has 0 amide bonds. The van der Waals surface area contributed by atoms with E-state index in [-0.39, 0.29) is 0 Å².